The van der Waals surface area contributed by atoms with Crippen molar-refractivity contribution < 1.29 is 9.47 Å². The number of methoxy groups -OCH3 is 1. The number of rotatable bonds is 10. The van der Waals surface area contributed by atoms with E-state index < -0.39 is 0 Å². The molecule has 158 valence electrons. The average Bonchev–Trinajstić information content (AvgIpc) is 2.77. The van der Waals surface area contributed by atoms with Crippen LogP contribution >= 0.6 is 23.2 Å². The van der Waals surface area contributed by atoms with Gasteiger partial charge in [0.1, 0.15) is 6.61 Å². The highest BCUT2D eigenvalue weighted by Crippen LogP contribution is 2.37. The van der Waals surface area contributed by atoms with Crippen LogP contribution in [0.1, 0.15) is 30.0 Å². The summed E-state index contributed by atoms with van der Waals surface area (Å²) < 4.78 is 11.5. The second-order valence-electron chi connectivity index (χ2n) is 7.33. The largest absolute Gasteiger partial charge is 0.493 e. The zero-order valence-corrected chi connectivity index (χ0v) is 18.8. The van der Waals surface area contributed by atoms with E-state index in [9.17, 15) is 0 Å². The van der Waals surface area contributed by atoms with E-state index in [0.29, 0.717) is 40.7 Å². The molecule has 3 rings (SSSR count). The van der Waals surface area contributed by atoms with Crippen molar-refractivity contribution >= 4 is 23.2 Å². The first-order valence-corrected chi connectivity index (χ1v) is 10.8. The van der Waals surface area contributed by atoms with Crippen molar-refractivity contribution in [1.82, 2.24) is 5.32 Å². The van der Waals surface area contributed by atoms with Crippen LogP contribution in [-0.2, 0) is 19.6 Å². The van der Waals surface area contributed by atoms with Gasteiger partial charge in [-0.2, -0.15) is 0 Å². The Bertz CT molecular complexity index is 930. The molecule has 0 bridgehead atoms. The third-order valence-electron chi connectivity index (χ3n) is 4.95. The zero-order valence-electron chi connectivity index (χ0n) is 17.3. The van der Waals surface area contributed by atoms with Gasteiger partial charge < -0.3 is 14.8 Å². The summed E-state index contributed by atoms with van der Waals surface area (Å²) >= 11 is 12.4. The fourth-order valence-corrected chi connectivity index (χ4v) is 3.59. The number of benzene rings is 3. The molecule has 0 aliphatic rings. The topological polar surface area (TPSA) is 30.5 Å². The molecule has 0 aliphatic heterocycles. The Morgan fingerprint density at radius 2 is 1.63 bits per heavy atom. The van der Waals surface area contributed by atoms with Gasteiger partial charge in [-0.1, -0.05) is 65.7 Å². The van der Waals surface area contributed by atoms with Crippen LogP contribution in [0, 0.1) is 0 Å². The predicted molar refractivity (Wildman–Crippen MR) is 125 cm³/mol. The molecule has 0 radical (unpaired) electrons. The maximum absolute atomic E-state index is 6.51. The standard InChI is InChI=1S/C25H27Cl2NO2/c1-18(8-9-19-6-4-3-5-7-19)28-16-21-14-23(27)25(24(15-21)29-2)30-17-20-10-12-22(26)13-11-20/h3-7,10-15,18,28H,8-9,16-17H2,1-2H3/t18-/m0/s1. The van der Waals surface area contributed by atoms with Gasteiger partial charge in [-0.25, -0.2) is 0 Å². The monoisotopic (exact) mass is 443 g/mol. The van der Waals surface area contributed by atoms with E-state index in [4.69, 9.17) is 32.7 Å². The maximum Gasteiger partial charge on any atom is 0.180 e. The van der Waals surface area contributed by atoms with Crippen LogP contribution in [0.5, 0.6) is 11.5 Å². The van der Waals surface area contributed by atoms with Crippen LogP contribution in [0.4, 0.5) is 0 Å². The maximum atomic E-state index is 6.51. The van der Waals surface area contributed by atoms with Crippen molar-refractivity contribution in [3.8, 4) is 11.5 Å². The fraction of sp³-hybridized carbons (Fsp3) is 0.280. The smallest absolute Gasteiger partial charge is 0.180 e. The molecule has 0 aromatic heterocycles. The van der Waals surface area contributed by atoms with Gasteiger partial charge in [0, 0.05) is 17.6 Å². The van der Waals surface area contributed by atoms with Crippen molar-refractivity contribution in [1.29, 1.82) is 0 Å². The molecule has 3 aromatic rings. The number of hydrogen-bond acceptors (Lipinski definition) is 3. The number of halogens is 2. The van der Waals surface area contributed by atoms with Crippen molar-refractivity contribution in [3.63, 3.8) is 0 Å². The summed E-state index contributed by atoms with van der Waals surface area (Å²) in [5, 5.41) is 4.80. The van der Waals surface area contributed by atoms with Crippen LogP contribution in [0.15, 0.2) is 66.7 Å². The summed E-state index contributed by atoms with van der Waals surface area (Å²) in [7, 11) is 1.63. The molecule has 5 heteroatoms. The highest BCUT2D eigenvalue weighted by atomic mass is 35.5. The van der Waals surface area contributed by atoms with Crippen molar-refractivity contribution in [3.05, 3.63) is 93.5 Å². The first-order valence-electron chi connectivity index (χ1n) is 10.1. The van der Waals surface area contributed by atoms with E-state index in [2.05, 4.69) is 36.5 Å². The lowest BCUT2D eigenvalue weighted by Crippen LogP contribution is -2.26. The van der Waals surface area contributed by atoms with Crippen LogP contribution in [0.2, 0.25) is 10.0 Å². The Morgan fingerprint density at radius 1 is 0.900 bits per heavy atom. The number of ether oxygens (including phenoxy) is 2. The summed E-state index contributed by atoms with van der Waals surface area (Å²) in [5.74, 6) is 1.18. The molecule has 0 amide bonds. The van der Waals surface area contributed by atoms with Gasteiger partial charge in [-0.15, -0.1) is 0 Å². The summed E-state index contributed by atoms with van der Waals surface area (Å²) in [6.45, 7) is 3.30. The number of nitrogens with one attached hydrogen (secondary N) is 1. The highest BCUT2D eigenvalue weighted by Gasteiger charge is 2.13. The molecule has 0 heterocycles. The third kappa shape index (κ3) is 6.66. The van der Waals surface area contributed by atoms with Gasteiger partial charge in [0.05, 0.1) is 12.1 Å². The van der Waals surface area contributed by atoms with Gasteiger partial charge in [0.15, 0.2) is 11.5 Å². The minimum absolute atomic E-state index is 0.385. The van der Waals surface area contributed by atoms with E-state index >= 15 is 0 Å². The number of aryl methyl sites for hydroxylation is 1. The van der Waals surface area contributed by atoms with Gasteiger partial charge in [0.2, 0.25) is 0 Å². The van der Waals surface area contributed by atoms with E-state index in [1.807, 2.05) is 42.5 Å². The molecular formula is C25H27Cl2NO2. The molecule has 3 nitrogen and oxygen atoms in total. The lowest BCUT2D eigenvalue weighted by molar-refractivity contribution is 0.284. The van der Waals surface area contributed by atoms with E-state index in [-0.39, 0.29) is 0 Å². The second-order valence-corrected chi connectivity index (χ2v) is 8.17. The quantitative estimate of drug-likeness (QED) is 0.378. The molecular weight excluding hydrogens is 417 g/mol. The first-order chi connectivity index (χ1) is 14.5. The molecule has 3 aromatic carbocycles. The van der Waals surface area contributed by atoms with Crippen molar-refractivity contribution in [2.24, 2.45) is 0 Å². The summed E-state index contributed by atoms with van der Waals surface area (Å²) in [5.41, 5.74) is 3.43. The minimum atomic E-state index is 0.385. The van der Waals surface area contributed by atoms with Crippen molar-refractivity contribution in [2.45, 2.75) is 39.0 Å². The Labute approximate surface area is 188 Å². The summed E-state index contributed by atoms with van der Waals surface area (Å²) in [6.07, 6.45) is 2.12. The van der Waals surface area contributed by atoms with E-state index in [1.165, 1.54) is 5.56 Å². The molecule has 0 fully saturated rings. The second kappa shape index (κ2) is 11.3. The van der Waals surface area contributed by atoms with Crippen LogP contribution in [0.3, 0.4) is 0 Å². The Morgan fingerprint density at radius 3 is 2.33 bits per heavy atom. The third-order valence-corrected chi connectivity index (χ3v) is 5.48. The number of hydrogen-bond donors (Lipinski definition) is 1. The SMILES string of the molecule is COc1cc(CN[C@@H](C)CCc2ccccc2)cc(Cl)c1OCc1ccc(Cl)cc1. The Hall–Kier alpha value is -2.20. The zero-order chi connectivity index (χ0) is 21.3. The average molecular weight is 444 g/mol. The molecule has 0 saturated carbocycles. The van der Waals surface area contributed by atoms with E-state index in [0.717, 1.165) is 24.0 Å². The summed E-state index contributed by atoms with van der Waals surface area (Å²) in [4.78, 5) is 0. The molecule has 30 heavy (non-hydrogen) atoms. The van der Waals surface area contributed by atoms with Gasteiger partial charge in [-0.3, -0.25) is 0 Å². The fourth-order valence-electron chi connectivity index (χ4n) is 3.17. The lowest BCUT2D eigenvalue weighted by Gasteiger charge is -2.17. The normalized spacial score (nSPS) is 11.9. The molecule has 0 unspecified atom stereocenters. The first kappa shape index (κ1) is 22.5. The molecule has 1 atom stereocenters. The highest BCUT2D eigenvalue weighted by molar-refractivity contribution is 6.32. The van der Waals surface area contributed by atoms with Gasteiger partial charge in [0.25, 0.3) is 0 Å². The lowest BCUT2D eigenvalue weighted by atomic mass is 10.1. The van der Waals surface area contributed by atoms with Crippen LogP contribution < -0.4 is 14.8 Å². The van der Waals surface area contributed by atoms with Gasteiger partial charge in [-0.05, 0) is 60.7 Å². The van der Waals surface area contributed by atoms with Gasteiger partial charge >= 0.3 is 0 Å². The Balaban J connectivity index is 1.56. The van der Waals surface area contributed by atoms with Crippen LogP contribution in [0.25, 0.3) is 0 Å². The Kier molecular flexibility index (Phi) is 8.44. The molecule has 0 aliphatic carbocycles. The predicted octanol–water partition coefficient (Wildman–Crippen LogP) is 6.69. The molecule has 1 N–H and O–H groups in total. The molecule has 0 saturated heterocycles. The summed E-state index contributed by atoms with van der Waals surface area (Å²) in [6, 6.07) is 22.4. The van der Waals surface area contributed by atoms with Crippen LogP contribution in [-0.4, -0.2) is 13.2 Å². The van der Waals surface area contributed by atoms with Crippen molar-refractivity contribution in [2.75, 3.05) is 7.11 Å². The van der Waals surface area contributed by atoms with E-state index in [1.54, 1.807) is 7.11 Å². The minimum Gasteiger partial charge on any atom is -0.493 e. The molecule has 0 spiro atoms.